The molecule has 0 amide bonds. The largest absolute Gasteiger partial charge is 0.468 e. The highest BCUT2D eigenvalue weighted by molar-refractivity contribution is 5.80. The summed E-state index contributed by atoms with van der Waals surface area (Å²) >= 11 is 0. The molecule has 2 aromatic carbocycles. The van der Waals surface area contributed by atoms with Crippen LogP contribution < -0.4 is 11.2 Å². The van der Waals surface area contributed by atoms with E-state index in [1.54, 1.807) is 4.57 Å². The molecule has 3 heterocycles. The van der Waals surface area contributed by atoms with Crippen LogP contribution in [0.5, 0.6) is 0 Å². The number of aromatic amines is 1. The number of rotatable bonds is 9. The van der Waals surface area contributed by atoms with Gasteiger partial charge < -0.3 is 9.30 Å². The lowest BCUT2D eigenvalue weighted by molar-refractivity contribution is -0.141. The summed E-state index contributed by atoms with van der Waals surface area (Å²) in [5, 5.41) is 14.2. The lowest BCUT2D eigenvalue weighted by atomic mass is 9.98. The van der Waals surface area contributed by atoms with Crippen LogP contribution in [0.25, 0.3) is 33.7 Å². The van der Waals surface area contributed by atoms with Gasteiger partial charge in [0.25, 0.3) is 5.56 Å². The first kappa shape index (κ1) is 25.4. The summed E-state index contributed by atoms with van der Waals surface area (Å²) in [7, 11) is 1.23. The molecule has 12 heteroatoms. The minimum atomic E-state index is -0.657. The van der Waals surface area contributed by atoms with Gasteiger partial charge >= 0.3 is 11.7 Å². The van der Waals surface area contributed by atoms with Crippen molar-refractivity contribution < 1.29 is 9.53 Å². The SMILES string of the molecule is CCc1nc2c(c(=O)n(CC(=O)OC)c(=O)n2CC2CC2)n1Cc1ccc(-c2ccccc2-c2nnn[nH]2)cc1. The van der Waals surface area contributed by atoms with Gasteiger partial charge in [-0.25, -0.2) is 19.4 Å². The first-order chi connectivity index (χ1) is 19.5. The summed E-state index contributed by atoms with van der Waals surface area (Å²) in [6.45, 7) is 2.36. The number of fused-ring (bicyclic) bond motifs is 1. The summed E-state index contributed by atoms with van der Waals surface area (Å²) < 4.78 is 9.13. The van der Waals surface area contributed by atoms with Gasteiger partial charge in [-0.3, -0.25) is 14.2 Å². The number of H-pyrrole nitrogens is 1. The van der Waals surface area contributed by atoms with E-state index < -0.39 is 23.8 Å². The van der Waals surface area contributed by atoms with Gasteiger partial charge in [-0.2, -0.15) is 0 Å². The quantitative estimate of drug-likeness (QED) is 0.281. The molecule has 0 spiro atoms. The number of tetrazole rings is 1. The van der Waals surface area contributed by atoms with Crippen molar-refractivity contribution in [2.75, 3.05) is 7.11 Å². The molecule has 1 saturated carbocycles. The number of hydrogen-bond donors (Lipinski definition) is 1. The third-order valence-corrected chi connectivity index (χ3v) is 7.30. The third-order valence-electron chi connectivity index (χ3n) is 7.30. The highest BCUT2D eigenvalue weighted by atomic mass is 16.5. The summed E-state index contributed by atoms with van der Waals surface area (Å²) in [5.41, 5.74) is 3.40. The van der Waals surface area contributed by atoms with Crippen LogP contribution in [0.4, 0.5) is 0 Å². The standard InChI is InChI=1S/C28H28N8O4/c1-3-22-29-26-24(27(38)36(16-23(37)40-2)28(39)35(26)15-17-8-9-17)34(22)14-18-10-12-19(13-11-18)20-6-4-5-7-21(20)25-30-32-33-31-25/h4-7,10-13,17H,3,8-9,14-16H2,1-2H3,(H,30,31,32,33). The van der Waals surface area contributed by atoms with Crippen LogP contribution in [-0.4, -0.2) is 52.4 Å². The molecule has 0 bridgehead atoms. The van der Waals surface area contributed by atoms with Gasteiger partial charge in [0.2, 0.25) is 0 Å². The molecule has 12 nitrogen and oxygen atoms in total. The first-order valence-corrected chi connectivity index (χ1v) is 13.2. The average Bonchev–Trinajstić information content (AvgIpc) is 3.48. The molecule has 0 atom stereocenters. The van der Waals surface area contributed by atoms with Gasteiger partial charge in [0.05, 0.1) is 7.11 Å². The smallest absolute Gasteiger partial charge is 0.333 e. The first-order valence-electron chi connectivity index (χ1n) is 13.2. The Hall–Kier alpha value is -4.87. The van der Waals surface area contributed by atoms with Crippen LogP contribution in [-0.2, 0) is 35.6 Å². The van der Waals surface area contributed by atoms with Crippen LogP contribution in [0.1, 0.15) is 31.2 Å². The van der Waals surface area contributed by atoms with Crippen LogP contribution in [0.3, 0.4) is 0 Å². The summed E-state index contributed by atoms with van der Waals surface area (Å²) in [6, 6.07) is 15.9. The Morgan fingerprint density at radius 3 is 2.42 bits per heavy atom. The zero-order valence-corrected chi connectivity index (χ0v) is 22.2. The molecule has 6 rings (SSSR count). The monoisotopic (exact) mass is 540 g/mol. The minimum Gasteiger partial charge on any atom is -0.468 e. The van der Waals surface area contributed by atoms with Gasteiger partial charge in [0.15, 0.2) is 17.0 Å². The Bertz CT molecular complexity index is 1810. The molecule has 0 saturated heterocycles. The van der Waals surface area contributed by atoms with E-state index in [1.165, 1.54) is 7.11 Å². The fraction of sp³-hybridized carbons (Fsp3) is 0.321. The van der Waals surface area contributed by atoms with Gasteiger partial charge in [0, 0.05) is 25.1 Å². The maximum absolute atomic E-state index is 13.6. The zero-order valence-electron chi connectivity index (χ0n) is 22.2. The Morgan fingerprint density at radius 2 is 1.77 bits per heavy atom. The predicted octanol–water partition coefficient (Wildman–Crippen LogP) is 2.40. The van der Waals surface area contributed by atoms with Crippen molar-refractivity contribution in [3.8, 4) is 22.5 Å². The number of carbonyl (C=O) groups excluding carboxylic acids is 1. The van der Waals surface area contributed by atoms with Crippen molar-refractivity contribution in [2.45, 2.75) is 45.8 Å². The average molecular weight is 541 g/mol. The van der Waals surface area contributed by atoms with E-state index in [4.69, 9.17) is 9.72 Å². The second-order valence-electron chi connectivity index (χ2n) is 9.94. The van der Waals surface area contributed by atoms with Gasteiger partial charge in [-0.05, 0) is 45.9 Å². The number of methoxy groups -OCH3 is 1. The Balaban J connectivity index is 1.42. The van der Waals surface area contributed by atoms with E-state index in [9.17, 15) is 14.4 Å². The maximum atomic E-state index is 13.6. The zero-order chi connectivity index (χ0) is 27.8. The number of imidazole rings is 1. The molecule has 5 aromatic rings. The number of aryl methyl sites for hydroxylation is 1. The van der Waals surface area contributed by atoms with E-state index in [-0.39, 0.29) is 0 Å². The van der Waals surface area contributed by atoms with Crippen molar-refractivity contribution in [1.82, 2.24) is 39.3 Å². The predicted molar refractivity (Wildman–Crippen MR) is 147 cm³/mol. The normalized spacial score (nSPS) is 13.2. The lowest BCUT2D eigenvalue weighted by Gasteiger charge is -2.13. The van der Waals surface area contributed by atoms with Crippen LogP contribution in [0, 0.1) is 5.92 Å². The number of benzene rings is 2. The molecule has 0 radical (unpaired) electrons. The third kappa shape index (κ3) is 4.61. The molecule has 1 aliphatic carbocycles. The number of nitrogens with zero attached hydrogens (tertiary/aromatic N) is 7. The van der Waals surface area contributed by atoms with Crippen molar-refractivity contribution in [2.24, 2.45) is 5.92 Å². The molecule has 3 aromatic heterocycles. The van der Waals surface area contributed by atoms with E-state index in [2.05, 4.69) is 20.6 Å². The van der Waals surface area contributed by atoms with E-state index in [0.717, 1.165) is 39.7 Å². The molecule has 1 N–H and O–H groups in total. The van der Waals surface area contributed by atoms with Crippen molar-refractivity contribution in [3.05, 3.63) is 80.8 Å². The van der Waals surface area contributed by atoms with Gasteiger partial charge in [-0.15, -0.1) is 5.10 Å². The van der Waals surface area contributed by atoms with Crippen molar-refractivity contribution >= 4 is 17.1 Å². The number of esters is 1. The van der Waals surface area contributed by atoms with E-state index in [0.29, 0.717) is 48.2 Å². The van der Waals surface area contributed by atoms with Crippen LogP contribution in [0.2, 0.25) is 0 Å². The molecule has 0 unspecified atom stereocenters. The lowest BCUT2D eigenvalue weighted by Crippen LogP contribution is -2.42. The van der Waals surface area contributed by atoms with Crippen molar-refractivity contribution in [1.29, 1.82) is 0 Å². The Kier molecular flexibility index (Phi) is 6.58. The topological polar surface area (TPSA) is 143 Å². The molecule has 1 fully saturated rings. The number of hydrogen-bond acceptors (Lipinski definition) is 8. The molecule has 1 aliphatic rings. The second kappa shape index (κ2) is 10.4. The number of aromatic nitrogens is 8. The fourth-order valence-electron chi connectivity index (χ4n) is 5.02. The van der Waals surface area contributed by atoms with E-state index in [1.807, 2.05) is 60.0 Å². The highest BCUT2D eigenvalue weighted by Crippen LogP contribution is 2.32. The van der Waals surface area contributed by atoms with Crippen LogP contribution in [0.15, 0.2) is 58.1 Å². The second-order valence-corrected chi connectivity index (χ2v) is 9.94. The molecule has 0 aliphatic heterocycles. The molecule has 204 valence electrons. The number of carbonyl (C=O) groups is 1. The summed E-state index contributed by atoms with van der Waals surface area (Å²) in [6.07, 6.45) is 2.61. The highest BCUT2D eigenvalue weighted by Gasteiger charge is 2.27. The molecular formula is C28H28N8O4. The number of ether oxygens (including phenoxy) is 1. The number of nitrogens with one attached hydrogen (secondary N) is 1. The fourth-order valence-corrected chi connectivity index (χ4v) is 5.02. The molecular weight excluding hydrogens is 512 g/mol. The Labute approximate surface area is 228 Å². The van der Waals surface area contributed by atoms with E-state index >= 15 is 0 Å². The Morgan fingerprint density at radius 1 is 1.02 bits per heavy atom. The van der Waals surface area contributed by atoms with Gasteiger partial charge in [-0.1, -0.05) is 55.5 Å². The minimum absolute atomic E-state index is 0.313. The van der Waals surface area contributed by atoms with Crippen LogP contribution >= 0.6 is 0 Å². The summed E-state index contributed by atoms with van der Waals surface area (Å²) in [4.78, 5) is 43.8. The maximum Gasteiger partial charge on any atom is 0.333 e. The van der Waals surface area contributed by atoms with Gasteiger partial charge in [0.1, 0.15) is 12.4 Å². The molecule has 40 heavy (non-hydrogen) atoms. The summed E-state index contributed by atoms with van der Waals surface area (Å²) in [5.74, 6) is 0.982. The van der Waals surface area contributed by atoms with Crippen molar-refractivity contribution in [3.63, 3.8) is 0 Å².